The minimum absolute atomic E-state index is 0.0129. The molecule has 0 unspecified atom stereocenters. The molecule has 2 N–H and O–H groups in total. The Bertz CT molecular complexity index is 1480. The number of amides is 1. The van der Waals surface area contributed by atoms with E-state index in [0.717, 1.165) is 21.8 Å². The number of aromatic nitrogens is 1. The zero-order valence-corrected chi connectivity index (χ0v) is 21.9. The first-order valence-corrected chi connectivity index (χ1v) is 12.5. The topological polar surface area (TPSA) is 113 Å². The van der Waals surface area contributed by atoms with E-state index in [1.165, 1.54) is 23.5 Å². The number of aryl methyl sites for hydroxylation is 1. The molecular formula is C28H26N6O3S. The smallest absolute Gasteiger partial charge is 0.271 e. The number of nitro groups is 1. The van der Waals surface area contributed by atoms with Crippen LogP contribution in [0.4, 0.5) is 22.2 Å². The largest absolute Gasteiger partial charge is 0.378 e. The maximum absolute atomic E-state index is 12.6. The number of nitrogens with one attached hydrogen (secondary N) is 2. The molecule has 0 spiro atoms. The van der Waals surface area contributed by atoms with E-state index in [2.05, 4.69) is 20.8 Å². The zero-order valence-electron chi connectivity index (χ0n) is 21.1. The number of hydrazone groups is 1. The van der Waals surface area contributed by atoms with Crippen LogP contribution in [0.1, 0.15) is 26.5 Å². The number of nitrogens with zero attached hydrogens (tertiary/aromatic N) is 4. The predicted molar refractivity (Wildman–Crippen MR) is 153 cm³/mol. The zero-order chi connectivity index (χ0) is 27.1. The standard InChI is InChI=1S/C28H26N6O3S/c1-19-26(38-28(29-19)30-22-12-16-24(17-13-22)34(36)37)25(31-32-27(35)21-7-5-4-6-8-21)18-11-20-9-14-23(15-10-20)33(2)3/h4-18H,1-3H3,(H,29,30)(H,32,35)/b18-11+,31-25-. The van der Waals surface area contributed by atoms with Crippen LogP contribution in [0.5, 0.6) is 0 Å². The van der Waals surface area contributed by atoms with Crippen LogP contribution in [0.3, 0.4) is 0 Å². The number of hydrogen-bond acceptors (Lipinski definition) is 8. The molecule has 192 valence electrons. The average Bonchev–Trinajstić information content (AvgIpc) is 3.29. The molecule has 0 bridgehead atoms. The van der Waals surface area contributed by atoms with Crippen LogP contribution >= 0.6 is 11.3 Å². The first-order chi connectivity index (χ1) is 18.3. The van der Waals surface area contributed by atoms with Gasteiger partial charge < -0.3 is 10.2 Å². The normalized spacial score (nSPS) is 11.4. The molecular weight excluding hydrogens is 500 g/mol. The molecule has 0 atom stereocenters. The molecule has 0 aliphatic heterocycles. The third-order valence-corrected chi connectivity index (χ3v) is 6.61. The molecule has 0 saturated heterocycles. The van der Waals surface area contributed by atoms with E-state index in [0.29, 0.717) is 22.1 Å². The minimum Gasteiger partial charge on any atom is -0.378 e. The van der Waals surface area contributed by atoms with Crippen molar-refractivity contribution in [1.29, 1.82) is 0 Å². The van der Waals surface area contributed by atoms with E-state index in [9.17, 15) is 14.9 Å². The molecule has 0 saturated carbocycles. The van der Waals surface area contributed by atoms with Crippen LogP contribution in [0.25, 0.3) is 6.08 Å². The first kappa shape index (κ1) is 26.2. The van der Waals surface area contributed by atoms with Crippen LogP contribution in [0.15, 0.2) is 90.0 Å². The Balaban J connectivity index is 1.61. The molecule has 9 nitrogen and oxygen atoms in total. The minimum atomic E-state index is -0.442. The van der Waals surface area contributed by atoms with Gasteiger partial charge in [-0.15, -0.1) is 0 Å². The molecule has 1 heterocycles. The van der Waals surface area contributed by atoms with Gasteiger partial charge in [-0.3, -0.25) is 14.9 Å². The second kappa shape index (κ2) is 11.9. The lowest BCUT2D eigenvalue weighted by Gasteiger charge is -2.11. The third-order valence-electron chi connectivity index (χ3n) is 5.52. The predicted octanol–water partition coefficient (Wildman–Crippen LogP) is 6.02. The SMILES string of the molecule is Cc1nc(Nc2ccc([N+](=O)[O-])cc2)sc1C(/C=C/c1ccc(N(C)C)cc1)=N\NC(=O)c1ccccc1. The molecule has 1 aromatic heterocycles. The molecule has 38 heavy (non-hydrogen) atoms. The highest BCUT2D eigenvalue weighted by Gasteiger charge is 2.14. The van der Waals surface area contributed by atoms with Gasteiger partial charge in [0.2, 0.25) is 0 Å². The Morgan fingerprint density at radius 3 is 2.34 bits per heavy atom. The summed E-state index contributed by atoms with van der Waals surface area (Å²) in [4.78, 5) is 30.5. The van der Waals surface area contributed by atoms with Crippen LogP contribution < -0.4 is 15.6 Å². The summed E-state index contributed by atoms with van der Waals surface area (Å²) < 4.78 is 0. The van der Waals surface area contributed by atoms with E-state index < -0.39 is 4.92 Å². The summed E-state index contributed by atoms with van der Waals surface area (Å²) >= 11 is 1.37. The van der Waals surface area contributed by atoms with Gasteiger partial charge in [0.1, 0.15) is 5.71 Å². The Labute approximate surface area is 224 Å². The molecule has 10 heteroatoms. The van der Waals surface area contributed by atoms with E-state index in [1.54, 1.807) is 36.4 Å². The maximum Gasteiger partial charge on any atom is 0.271 e. The number of carbonyl (C=O) groups is 1. The van der Waals surface area contributed by atoms with Gasteiger partial charge in [0.15, 0.2) is 5.13 Å². The van der Waals surface area contributed by atoms with Gasteiger partial charge in [0, 0.05) is 43.2 Å². The number of nitro benzene ring substituents is 1. The fourth-order valence-electron chi connectivity index (χ4n) is 3.47. The fourth-order valence-corrected chi connectivity index (χ4v) is 4.42. The molecule has 4 aromatic rings. The molecule has 0 aliphatic carbocycles. The van der Waals surface area contributed by atoms with Gasteiger partial charge in [-0.25, -0.2) is 10.4 Å². The van der Waals surface area contributed by atoms with Gasteiger partial charge in [-0.2, -0.15) is 5.10 Å². The Morgan fingerprint density at radius 1 is 1.03 bits per heavy atom. The van der Waals surface area contributed by atoms with Crippen molar-refractivity contribution in [3.8, 4) is 0 Å². The van der Waals surface area contributed by atoms with Gasteiger partial charge in [-0.1, -0.05) is 47.7 Å². The molecule has 0 aliphatic rings. The highest BCUT2D eigenvalue weighted by molar-refractivity contribution is 7.17. The summed E-state index contributed by atoms with van der Waals surface area (Å²) in [6.07, 6.45) is 3.77. The summed E-state index contributed by atoms with van der Waals surface area (Å²) in [5, 5.41) is 19.1. The van der Waals surface area contributed by atoms with Crippen molar-refractivity contribution in [2.75, 3.05) is 24.3 Å². The molecule has 0 radical (unpaired) electrons. The number of hydrogen-bond donors (Lipinski definition) is 2. The number of allylic oxidation sites excluding steroid dienone is 1. The molecule has 4 rings (SSSR count). The number of benzene rings is 3. The quantitative estimate of drug-likeness (QED) is 0.157. The third kappa shape index (κ3) is 6.68. The Kier molecular flexibility index (Phi) is 8.24. The summed E-state index contributed by atoms with van der Waals surface area (Å²) in [6.45, 7) is 1.86. The van der Waals surface area contributed by atoms with E-state index in [4.69, 9.17) is 0 Å². The highest BCUT2D eigenvalue weighted by Crippen LogP contribution is 2.28. The van der Waals surface area contributed by atoms with Crippen molar-refractivity contribution < 1.29 is 9.72 Å². The van der Waals surface area contributed by atoms with Gasteiger partial charge >= 0.3 is 0 Å². The van der Waals surface area contributed by atoms with E-state index >= 15 is 0 Å². The summed E-state index contributed by atoms with van der Waals surface area (Å²) in [7, 11) is 3.97. The van der Waals surface area contributed by atoms with Gasteiger partial charge in [-0.05, 0) is 55.0 Å². The van der Waals surface area contributed by atoms with Crippen molar-refractivity contribution in [3.05, 3.63) is 117 Å². The van der Waals surface area contributed by atoms with Crippen LogP contribution in [0, 0.1) is 17.0 Å². The maximum atomic E-state index is 12.6. The highest BCUT2D eigenvalue weighted by atomic mass is 32.1. The van der Waals surface area contributed by atoms with Crippen molar-refractivity contribution in [3.63, 3.8) is 0 Å². The lowest BCUT2D eigenvalue weighted by molar-refractivity contribution is -0.384. The van der Waals surface area contributed by atoms with Crippen molar-refractivity contribution in [1.82, 2.24) is 10.4 Å². The van der Waals surface area contributed by atoms with Crippen molar-refractivity contribution in [2.45, 2.75) is 6.92 Å². The van der Waals surface area contributed by atoms with Gasteiger partial charge in [0.05, 0.1) is 15.5 Å². The Morgan fingerprint density at radius 2 is 1.71 bits per heavy atom. The van der Waals surface area contributed by atoms with Crippen LogP contribution in [-0.4, -0.2) is 35.6 Å². The van der Waals surface area contributed by atoms with Crippen molar-refractivity contribution in [2.24, 2.45) is 5.10 Å². The van der Waals surface area contributed by atoms with Crippen LogP contribution in [-0.2, 0) is 0 Å². The summed E-state index contributed by atoms with van der Waals surface area (Å²) in [5.74, 6) is -0.321. The lowest BCUT2D eigenvalue weighted by Crippen LogP contribution is -2.19. The summed E-state index contributed by atoms with van der Waals surface area (Å²) in [6, 6.07) is 23.0. The molecule has 1 amide bonds. The second-order valence-corrected chi connectivity index (χ2v) is 9.48. The second-order valence-electron chi connectivity index (χ2n) is 8.49. The molecule has 3 aromatic carbocycles. The number of rotatable bonds is 9. The first-order valence-electron chi connectivity index (χ1n) is 11.7. The van der Waals surface area contributed by atoms with Crippen molar-refractivity contribution >= 4 is 51.2 Å². The number of carbonyl (C=O) groups excluding carboxylic acids is 1. The summed E-state index contributed by atoms with van der Waals surface area (Å²) in [5.41, 5.74) is 7.16. The number of anilines is 3. The number of non-ortho nitro benzene ring substituents is 1. The van der Waals surface area contributed by atoms with Crippen LogP contribution in [0.2, 0.25) is 0 Å². The van der Waals surface area contributed by atoms with E-state index in [-0.39, 0.29) is 11.6 Å². The van der Waals surface area contributed by atoms with E-state index in [1.807, 2.05) is 68.4 Å². The fraction of sp³-hybridized carbons (Fsp3) is 0.107. The average molecular weight is 527 g/mol. The monoisotopic (exact) mass is 526 g/mol. The Hall–Kier alpha value is -4.83. The molecule has 0 fully saturated rings. The lowest BCUT2D eigenvalue weighted by atomic mass is 10.1. The van der Waals surface area contributed by atoms with Gasteiger partial charge in [0.25, 0.3) is 11.6 Å². The number of thiazole rings is 1.